The van der Waals surface area contributed by atoms with E-state index < -0.39 is 0 Å². The van der Waals surface area contributed by atoms with E-state index >= 15 is 0 Å². The molecule has 0 atom stereocenters. The fourth-order valence-corrected chi connectivity index (χ4v) is 3.07. The van der Waals surface area contributed by atoms with Crippen LogP contribution in [0.1, 0.15) is 45.4 Å². The quantitative estimate of drug-likeness (QED) is 0.885. The number of imidazole rings is 1. The molecule has 1 aliphatic rings. The Bertz CT molecular complexity index is 527. The Kier molecular flexibility index (Phi) is 3.62. The van der Waals surface area contributed by atoms with Crippen molar-refractivity contribution in [2.45, 2.75) is 51.5 Å². The summed E-state index contributed by atoms with van der Waals surface area (Å²) in [6.45, 7) is 2.28. The molecule has 2 heterocycles. The smallest absolute Gasteiger partial charge is 0.182 e. The van der Waals surface area contributed by atoms with Crippen molar-refractivity contribution in [3.63, 3.8) is 0 Å². The molecule has 2 aromatic rings. The second-order valence-corrected chi connectivity index (χ2v) is 5.47. The van der Waals surface area contributed by atoms with Crippen molar-refractivity contribution in [3.8, 4) is 0 Å². The highest BCUT2D eigenvalue weighted by atomic mass is 15.1. The maximum absolute atomic E-state index is 4.34. The van der Waals surface area contributed by atoms with Crippen molar-refractivity contribution >= 4 is 17.0 Å². The summed E-state index contributed by atoms with van der Waals surface area (Å²) < 4.78 is 0. The molecule has 102 valence electrons. The Morgan fingerprint density at radius 1 is 1.21 bits per heavy atom. The van der Waals surface area contributed by atoms with E-state index in [0.717, 1.165) is 22.9 Å². The van der Waals surface area contributed by atoms with Crippen LogP contribution in [-0.2, 0) is 0 Å². The lowest BCUT2D eigenvalue weighted by Crippen LogP contribution is -2.26. The average molecular weight is 259 g/mol. The highest BCUT2D eigenvalue weighted by Crippen LogP contribution is 2.29. The van der Waals surface area contributed by atoms with E-state index in [9.17, 15) is 0 Å². The van der Waals surface area contributed by atoms with Crippen LogP contribution in [0.2, 0.25) is 0 Å². The van der Waals surface area contributed by atoms with Crippen LogP contribution in [0.15, 0.2) is 12.7 Å². The third-order valence-electron chi connectivity index (χ3n) is 4.11. The second kappa shape index (κ2) is 5.55. The molecular weight excluding hydrogens is 238 g/mol. The van der Waals surface area contributed by atoms with Gasteiger partial charge in [-0.25, -0.2) is 15.0 Å². The molecule has 0 bridgehead atoms. The van der Waals surface area contributed by atoms with E-state index in [0.29, 0.717) is 6.04 Å². The molecule has 0 aromatic carbocycles. The van der Waals surface area contributed by atoms with Crippen LogP contribution >= 0.6 is 0 Å². The monoisotopic (exact) mass is 259 g/mol. The standard InChI is InChI=1S/C14H21N5/c1-2-3-10-4-6-11(7-5-10)19-14-12-13(16-8-15-12)17-9-18-14/h8-11H,2-7H2,1H3,(H2,15,16,17,18,19). The maximum atomic E-state index is 4.34. The molecule has 1 aliphatic carbocycles. The van der Waals surface area contributed by atoms with E-state index in [1.165, 1.54) is 38.5 Å². The molecule has 19 heavy (non-hydrogen) atoms. The number of nitrogens with zero attached hydrogens (tertiary/aromatic N) is 3. The van der Waals surface area contributed by atoms with Crippen molar-refractivity contribution in [1.29, 1.82) is 0 Å². The summed E-state index contributed by atoms with van der Waals surface area (Å²) in [7, 11) is 0. The summed E-state index contributed by atoms with van der Waals surface area (Å²) in [6, 6.07) is 0.537. The molecule has 2 N–H and O–H groups in total. The Balaban J connectivity index is 1.65. The number of anilines is 1. The lowest BCUT2D eigenvalue weighted by molar-refractivity contribution is 0.318. The number of aromatic nitrogens is 4. The van der Waals surface area contributed by atoms with Gasteiger partial charge in [0, 0.05) is 6.04 Å². The van der Waals surface area contributed by atoms with Gasteiger partial charge in [0.15, 0.2) is 11.5 Å². The van der Waals surface area contributed by atoms with Gasteiger partial charge in [-0.3, -0.25) is 0 Å². The zero-order valence-electron chi connectivity index (χ0n) is 11.4. The summed E-state index contributed by atoms with van der Waals surface area (Å²) >= 11 is 0. The molecule has 0 aliphatic heterocycles. The molecule has 0 spiro atoms. The summed E-state index contributed by atoms with van der Waals surface area (Å²) in [5, 5.41) is 3.55. The van der Waals surface area contributed by atoms with E-state index in [4.69, 9.17) is 0 Å². The Morgan fingerprint density at radius 3 is 2.84 bits per heavy atom. The minimum atomic E-state index is 0.537. The maximum Gasteiger partial charge on any atom is 0.182 e. The van der Waals surface area contributed by atoms with Crippen LogP contribution in [-0.4, -0.2) is 26.0 Å². The van der Waals surface area contributed by atoms with Gasteiger partial charge in [-0.15, -0.1) is 0 Å². The Hall–Kier alpha value is -1.65. The van der Waals surface area contributed by atoms with Gasteiger partial charge in [0.25, 0.3) is 0 Å². The number of H-pyrrole nitrogens is 1. The number of rotatable bonds is 4. The fraction of sp³-hybridized carbons (Fsp3) is 0.643. The van der Waals surface area contributed by atoms with Gasteiger partial charge in [-0.1, -0.05) is 19.8 Å². The van der Waals surface area contributed by atoms with Crippen LogP contribution in [0.3, 0.4) is 0 Å². The third-order valence-corrected chi connectivity index (χ3v) is 4.11. The lowest BCUT2D eigenvalue weighted by atomic mass is 9.83. The first kappa shape index (κ1) is 12.4. The molecule has 0 unspecified atom stereocenters. The topological polar surface area (TPSA) is 66.5 Å². The lowest BCUT2D eigenvalue weighted by Gasteiger charge is -2.29. The van der Waals surface area contributed by atoms with Gasteiger partial charge in [-0.05, 0) is 31.6 Å². The van der Waals surface area contributed by atoms with Gasteiger partial charge in [0.05, 0.1) is 6.33 Å². The molecule has 1 fully saturated rings. The van der Waals surface area contributed by atoms with Gasteiger partial charge >= 0.3 is 0 Å². The van der Waals surface area contributed by atoms with E-state index in [2.05, 4.69) is 32.2 Å². The largest absolute Gasteiger partial charge is 0.365 e. The first-order chi connectivity index (χ1) is 9.36. The molecule has 5 nitrogen and oxygen atoms in total. The summed E-state index contributed by atoms with van der Waals surface area (Å²) in [4.78, 5) is 15.7. The molecule has 5 heteroatoms. The summed E-state index contributed by atoms with van der Waals surface area (Å²) in [6.07, 6.45) is 11.1. The SMILES string of the molecule is CCCC1CCC(Nc2ncnc3nc[nH]c23)CC1. The van der Waals surface area contributed by atoms with E-state index in [-0.39, 0.29) is 0 Å². The summed E-state index contributed by atoms with van der Waals surface area (Å²) in [5.74, 6) is 1.82. The zero-order chi connectivity index (χ0) is 13.1. The highest BCUT2D eigenvalue weighted by molar-refractivity contribution is 5.82. The van der Waals surface area contributed by atoms with E-state index in [1.54, 1.807) is 12.7 Å². The number of nitrogens with one attached hydrogen (secondary N) is 2. The van der Waals surface area contributed by atoms with Gasteiger partial charge in [0.1, 0.15) is 11.8 Å². The van der Waals surface area contributed by atoms with Crippen molar-refractivity contribution in [1.82, 2.24) is 19.9 Å². The predicted octanol–water partition coefficient (Wildman–Crippen LogP) is 3.12. The summed E-state index contributed by atoms with van der Waals surface area (Å²) in [5.41, 5.74) is 1.65. The van der Waals surface area contributed by atoms with Gasteiger partial charge in [-0.2, -0.15) is 0 Å². The molecule has 0 amide bonds. The molecule has 0 saturated heterocycles. The normalized spacial score (nSPS) is 23.6. The fourth-order valence-electron chi connectivity index (χ4n) is 3.07. The molecule has 1 saturated carbocycles. The highest BCUT2D eigenvalue weighted by Gasteiger charge is 2.21. The average Bonchev–Trinajstić information content (AvgIpc) is 2.91. The number of hydrogen-bond donors (Lipinski definition) is 2. The van der Waals surface area contributed by atoms with Crippen molar-refractivity contribution < 1.29 is 0 Å². The van der Waals surface area contributed by atoms with Crippen molar-refractivity contribution in [3.05, 3.63) is 12.7 Å². The van der Waals surface area contributed by atoms with E-state index in [1.807, 2.05) is 0 Å². The first-order valence-electron chi connectivity index (χ1n) is 7.27. The van der Waals surface area contributed by atoms with Crippen LogP contribution in [0, 0.1) is 5.92 Å². The molecule has 3 rings (SSSR count). The molecular formula is C14H21N5. The molecule has 2 aromatic heterocycles. The molecule has 0 radical (unpaired) electrons. The first-order valence-corrected chi connectivity index (χ1v) is 7.27. The van der Waals surface area contributed by atoms with Crippen LogP contribution in [0.25, 0.3) is 11.2 Å². The van der Waals surface area contributed by atoms with Crippen LogP contribution in [0.4, 0.5) is 5.82 Å². The Morgan fingerprint density at radius 2 is 2.05 bits per heavy atom. The van der Waals surface area contributed by atoms with Crippen molar-refractivity contribution in [2.75, 3.05) is 5.32 Å². The van der Waals surface area contributed by atoms with Gasteiger partial charge < -0.3 is 10.3 Å². The van der Waals surface area contributed by atoms with Crippen LogP contribution in [0.5, 0.6) is 0 Å². The minimum absolute atomic E-state index is 0.537. The van der Waals surface area contributed by atoms with Crippen molar-refractivity contribution in [2.24, 2.45) is 5.92 Å². The number of fused-ring (bicyclic) bond motifs is 1. The Labute approximate surface area is 113 Å². The number of hydrogen-bond acceptors (Lipinski definition) is 4. The zero-order valence-corrected chi connectivity index (χ0v) is 11.4. The number of aromatic amines is 1. The second-order valence-electron chi connectivity index (χ2n) is 5.47. The van der Waals surface area contributed by atoms with Crippen LogP contribution < -0.4 is 5.32 Å². The minimum Gasteiger partial charge on any atom is -0.365 e. The van der Waals surface area contributed by atoms with Gasteiger partial charge in [0.2, 0.25) is 0 Å². The third kappa shape index (κ3) is 2.69. The predicted molar refractivity (Wildman–Crippen MR) is 76.0 cm³/mol.